The molecule has 0 aliphatic carbocycles. The maximum atomic E-state index is 8.75. The number of hydrogen-bond donors (Lipinski definition) is 1. The standard InChI is InChI=1S/C14H10N4O2/c15-7-11-6-10(8-16-11)14-17-13(18-20-14)9-19-12-4-2-1-3-5-12/h1-6,8,16H,9H2. The normalized spacial score (nSPS) is 10.2. The molecule has 0 saturated carbocycles. The molecule has 0 aliphatic rings. The van der Waals surface area contributed by atoms with Gasteiger partial charge in [0.05, 0.1) is 5.56 Å². The van der Waals surface area contributed by atoms with Gasteiger partial charge >= 0.3 is 0 Å². The molecule has 98 valence electrons. The lowest BCUT2D eigenvalue weighted by Gasteiger charge is -2.01. The number of benzene rings is 1. The predicted octanol–water partition coefficient (Wildman–Crippen LogP) is 2.52. The van der Waals surface area contributed by atoms with Crippen LogP contribution in [-0.4, -0.2) is 15.1 Å². The van der Waals surface area contributed by atoms with Gasteiger partial charge in [-0.2, -0.15) is 10.2 Å². The first-order chi connectivity index (χ1) is 9.85. The third kappa shape index (κ3) is 2.52. The average molecular weight is 266 g/mol. The SMILES string of the molecule is N#Cc1cc(-c2nc(COc3ccccc3)no2)c[nH]1. The van der Waals surface area contributed by atoms with Crippen molar-refractivity contribution in [3.05, 3.63) is 54.1 Å². The summed E-state index contributed by atoms with van der Waals surface area (Å²) in [5.41, 5.74) is 1.13. The van der Waals surface area contributed by atoms with Crippen molar-refractivity contribution in [2.24, 2.45) is 0 Å². The fourth-order valence-electron chi connectivity index (χ4n) is 1.68. The minimum Gasteiger partial charge on any atom is -0.485 e. The highest BCUT2D eigenvalue weighted by Gasteiger charge is 2.11. The maximum Gasteiger partial charge on any atom is 0.259 e. The zero-order chi connectivity index (χ0) is 13.8. The number of nitrogens with one attached hydrogen (secondary N) is 1. The molecule has 0 unspecified atom stereocenters. The smallest absolute Gasteiger partial charge is 0.259 e. The molecule has 0 amide bonds. The molecule has 0 atom stereocenters. The van der Waals surface area contributed by atoms with Crippen molar-refractivity contribution in [3.8, 4) is 23.3 Å². The van der Waals surface area contributed by atoms with Gasteiger partial charge in [0.1, 0.15) is 17.5 Å². The first-order valence-corrected chi connectivity index (χ1v) is 5.94. The second-order valence-corrected chi connectivity index (χ2v) is 4.03. The van der Waals surface area contributed by atoms with E-state index in [0.717, 1.165) is 5.75 Å². The molecule has 2 aromatic heterocycles. The molecular formula is C14H10N4O2. The summed E-state index contributed by atoms with van der Waals surface area (Å²) in [4.78, 5) is 7.01. The Hall–Kier alpha value is -3.07. The molecule has 6 heteroatoms. The number of aromatic nitrogens is 3. The van der Waals surface area contributed by atoms with E-state index in [0.29, 0.717) is 23.0 Å². The molecule has 3 aromatic rings. The lowest BCUT2D eigenvalue weighted by atomic mass is 10.3. The molecule has 0 saturated heterocycles. The quantitative estimate of drug-likeness (QED) is 0.783. The van der Waals surface area contributed by atoms with Crippen LogP contribution in [0.2, 0.25) is 0 Å². The molecular weight excluding hydrogens is 256 g/mol. The Morgan fingerprint density at radius 1 is 1.30 bits per heavy atom. The van der Waals surface area contributed by atoms with Crippen molar-refractivity contribution >= 4 is 0 Å². The monoisotopic (exact) mass is 266 g/mol. The number of nitriles is 1. The van der Waals surface area contributed by atoms with Crippen molar-refractivity contribution in [3.63, 3.8) is 0 Å². The van der Waals surface area contributed by atoms with E-state index in [1.165, 1.54) is 0 Å². The number of nitrogens with zero attached hydrogens (tertiary/aromatic N) is 3. The van der Waals surface area contributed by atoms with Crippen LogP contribution in [0.15, 0.2) is 47.1 Å². The Morgan fingerprint density at radius 2 is 2.15 bits per heavy atom. The number of para-hydroxylation sites is 1. The van der Waals surface area contributed by atoms with Crippen LogP contribution in [0.3, 0.4) is 0 Å². The topological polar surface area (TPSA) is 87.7 Å². The van der Waals surface area contributed by atoms with Crippen molar-refractivity contribution in [1.82, 2.24) is 15.1 Å². The van der Waals surface area contributed by atoms with Crippen LogP contribution in [0.4, 0.5) is 0 Å². The Kier molecular flexibility index (Phi) is 3.17. The number of H-pyrrole nitrogens is 1. The zero-order valence-electron chi connectivity index (χ0n) is 10.4. The summed E-state index contributed by atoms with van der Waals surface area (Å²) in [7, 11) is 0. The summed E-state index contributed by atoms with van der Waals surface area (Å²) in [6.07, 6.45) is 1.65. The van der Waals surface area contributed by atoms with Crippen molar-refractivity contribution < 1.29 is 9.26 Å². The lowest BCUT2D eigenvalue weighted by molar-refractivity contribution is 0.287. The van der Waals surface area contributed by atoms with E-state index in [-0.39, 0.29) is 6.61 Å². The van der Waals surface area contributed by atoms with Crippen LogP contribution in [0.5, 0.6) is 5.75 Å². The van der Waals surface area contributed by atoms with Gasteiger partial charge in [-0.25, -0.2) is 0 Å². The van der Waals surface area contributed by atoms with E-state index < -0.39 is 0 Å². The van der Waals surface area contributed by atoms with Crippen LogP contribution in [0, 0.1) is 11.3 Å². The van der Waals surface area contributed by atoms with Crippen LogP contribution in [-0.2, 0) is 6.61 Å². The molecule has 0 bridgehead atoms. The van der Waals surface area contributed by atoms with Gasteiger partial charge in [0.15, 0.2) is 6.61 Å². The van der Waals surface area contributed by atoms with Gasteiger partial charge < -0.3 is 14.2 Å². The van der Waals surface area contributed by atoms with Gasteiger partial charge in [-0.1, -0.05) is 23.4 Å². The van der Waals surface area contributed by atoms with Crippen LogP contribution in [0.1, 0.15) is 11.5 Å². The number of ether oxygens (including phenoxy) is 1. The van der Waals surface area contributed by atoms with Gasteiger partial charge in [-0.05, 0) is 18.2 Å². The average Bonchev–Trinajstić information content (AvgIpc) is 3.15. The third-order valence-electron chi connectivity index (χ3n) is 2.63. The Balaban J connectivity index is 1.69. The summed E-state index contributed by atoms with van der Waals surface area (Å²) in [6, 6.07) is 13.0. The first kappa shape index (κ1) is 12.0. The number of hydrogen-bond acceptors (Lipinski definition) is 5. The van der Waals surface area contributed by atoms with E-state index in [1.807, 2.05) is 36.4 Å². The second-order valence-electron chi connectivity index (χ2n) is 4.03. The van der Waals surface area contributed by atoms with Gasteiger partial charge in [-0.3, -0.25) is 0 Å². The minimum atomic E-state index is 0.225. The third-order valence-corrected chi connectivity index (χ3v) is 2.63. The van der Waals surface area contributed by atoms with Gasteiger partial charge in [0, 0.05) is 6.20 Å². The number of rotatable bonds is 4. The highest BCUT2D eigenvalue weighted by molar-refractivity contribution is 5.54. The Labute approximate surface area is 114 Å². The molecule has 1 N–H and O–H groups in total. The first-order valence-electron chi connectivity index (χ1n) is 5.94. The molecule has 0 fully saturated rings. The predicted molar refractivity (Wildman–Crippen MR) is 69.6 cm³/mol. The summed E-state index contributed by atoms with van der Waals surface area (Å²) >= 11 is 0. The fraction of sp³-hybridized carbons (Fsp3) is 0.0714. The van der Waals surface area contributed by atoms with Crippen molar-refractivity contribution in [1.29, 1.82) is 5.26 Å². The van der Waals surface area contributed by atoms with Crippen LogP contribution >= 0.6 is 0 Å². The number of aromatic amines is 1. The lowest BCUT2D eigenvalue weighted by Crippen LogP contribution is -1.97. The van der Waals surface area contributed by atoms with Crippen LogP contribution in [0.25, 0.3) is 11.5 Å². The van der Waals surface area contributed by atoms with E-state index in [9.17, 15) is 0 Å². The van der Waals surface area contributed by atoms with Gasteiger partial charge in [0.2, 0.25) is 5.82 Å². The molecule has 2 heterocycles. The summed E-state index contributed by atoms with van der Waals surface area (Å²) in [5.74, 6) is 1.55. The van der Waals surface area contributed by atoms with Gasteiger partial charge in [0.25, 0.3) is 5.89 Å². The molecule has 20 heavy (non-hydrogen) atoms. The Morgan fingerprint density at radius 3 is 2.90 bits per heavy atom. The molecule has 0 spiro atoms. The van der Waals surface area contributed by atoms with Crippen molar-refractivity contribution in [2.75, 3.05) is 0 Å². The molecule has 1 aromatic carbocycles. The maximum absolute atomic E-state index is 8.75. The van der Waals surface area contributed by atoms with Crippen molar-refractivity contribution in [2.45, 2.75) is 6.61 Å². The zero-order valence-corrected chi connectivity index (χ0v) is 10.4. The van der Waals surface area contributed by atoms with E-state index >= 15 is 0 Å². The highest BCUT2D eigenvalue weighted by atomic mass is 16.5. The van der Waals surface area contributed by atoms with E-state index in [2.05, 4.69) is 15.1 Å². The molecule has 3 rings (SSSR count). The summed E-state index contributed by atoms with van der Waals surface area (Å²) in [6.45, 7) is 0.225. The van der Waals surface area contributed by atoms with Crippen LogP contribution < -0.4 is 4.74 Å². The van der Waals surface area contributed by atoms with E-state index in [1.54, 1.807) is 12.3 Å². The Bertz CT molecular complexity index is 740. The highest BCUT2D eigenvalue weighted by Crippen LogP contribution is 2.18. The van der Waals surface area contributed by atoms with E-state index in [4.69, 9.17) is 14.5 Å². The fourth-order valence-corrected chi connectivity index (χ4v) is 1.68. The molecule has 0 aliphatic heterocycles. The van der Waals surface area contributed by atoms with Gasteiger partial charge in [-0.15, -0.1) is 0 Å². The molecule has 6 nitrogen and oxygen atoms in total. The summed E-state index contributed by atoms with van der Waals surface area (Å²) in [5, 5.41) is 12.6. The second kappa shape index (κ2) is 5.28. The summed E-state index contributed by atoms with van der Waals surface area (Å²) < 4.78 is 10.6. The minimum absolute atomic E-state index is 0.225. The molecule has 0 radical (unpaired) electrons. The largest absolute Gasteiger partial charge is 0.485 e.